The summed E-state index contributed by atoms with van der Waals surface area (Å²) >= 11 is 0. The first-order valence-electron chi connectivity index (χ1n) is 8.48. The van der Waals surface area contributed by atoms with Gasteiger partial charge in [0.2, 0.25) is 5.89 Å². The molecule has 0 spiro atoms. The summed E-state index contributed by atoms with van der Waals surface area (Å²) < 4.78 is 11.1. The van der Waals surface area contributed by atoms with Crippen molar-refractivity contribution >= 4 is 0 Å². The van der Waals surface area contributed by atoms with Gasteiger partial charge in [-0.2, -0.15) is 4.98 Å². The van der Waals surface area contributed by atoms with Crippen molar-refractivity contribution in [2.24, 2.45) is 0 Å². The summed E-state index contributed by atoms with van der Waals surface area (Å²) in [5.74, 6) is 1.55. The number of nitrogens with zero attached hydrogens (tertiary/aromatic N) is 2. The number of aromatic nitrogens is 2. The van der Waals surface area contributed by atoms with E-state index in [2.05, 4.69) is 29.3 Å². The minimum Gasteiger partial charge on any atom is -0.378 e. The van der Waals surface area contributed by atoms with Crippen molar-refractivity contribution in [2.75, 3.05) is 13.2 Å². The Morgan fingerprint density at radius 3 is 2.90 bits per heavy atom. The van der Waals surface area contributed by atoms with Crippen LogP contribution in [0.25, 0.3) is 0 Å². The van der Waals surface area contributed by atoms with Gasteiger partial charge in [0.1, 0.15) is 0 Å². The predicted octanol–water partition coefficient (Wildman–Crippen LogP) is 2.89. The molecule has 5 nitrogen and oxygen atoms in total. The normalized spacial score (nSPS) is 20.6. The second-order valence-electron chi connectivity index (χ2n) is 5.94. The second-order valence-corrected chi connectivity index (χ2v) is 5.94. The Balaban J connectivity index is 1.82. The molecule has 2 atom stereocenters. The topological polar surface area (TPSA) is 60.2 Å². The molecule has 21 heavy (non-hydrogen) atoms. The number of hydrogen-bond acceptors (Lipinski definition) is 5. The summed E-state index contributed by atoms with van der Waals surface area (Å²) in [6.45, 7) is 6.31. The maximum absolute atomic E-state index is 5.73. The SMILES string of the molecule is CCCNC(CCC)Cc1nc(CC2CCCCO2)no1. The van der Waals surface area contributed by atoms with Crippen molar-refractivity contribution in [3.05, 3.63) is 11.7 Å². The van der Waals surface area contributed by atoms with Crippen molar-refractivity contribution in [3.63, 3.8) is 0 Å². The van der Waals surface area contributed by atoms with Crippen LogP contribution < -0.4 is 5.32 Å². The molecule has 1 aliphatic heterocycles. The molecule has 1 aromatic heterocycles. The molecule has 1 aliphatic rings. The molecule has 1 aromatic rings. The molecule has 120 valence electrons. The third kappa shape index (κ3) is 5.75. The molecule has 2 heterocycles. The van der Waals surface area contributed by atoms with Gasteiger partial charge in [-0.1, -0.05) is 25.4 Å². The van der Waals surface area contributed by atoms with Crippen molar-refractivity contribution < 1.29 is 9.26 Å². The lowest BCUT2D eigenvalue weighted by Gasteiger charge is -2.20. The largest absolute Gasteiger partial charge is 0.378 e. The average Bonchev–Trinajstić information content (AvgIpc) is 2.93. The number of hydrogen-bond donors (Lipinski definition) is 1. The molecule has 0 bridgehead atoms. The maximum Gasteiger partial charge on any atom is 0.228 e. The lowest BCUT2D eigenvalue weighted by atomic mass is 10.1. The Kier molecular flexibility index (Phi) is 7.16. The van der Waals surface area contributed by atoms with Gasteiger partial charge in [0.25, 0.3) is 0 Å². The van der Waals surface area contributed by atoms with Gasteiger partial charge in [0, 0.05) is 25.5 Å². The van der Waals surface area contributed by atoms with Gasteiger partial charge in [-0.05, 0) is 38.6 Å². The average molecular weight is 295 g/mol. The Morgan fingerprint density at radius 2 is 2.19 bits per heavy atom. The van der Waals surface area contributed by atoms with Gasteiger partial charge in [-0.15, -0.1) is 0 Å². The van der Waals surface area contributed by atoms with Gasteiger partial charge >= 0.3 is 0 Å². The van der Waals surface area contributed by atoms with Crippen molar-refractivity contribution in [1.29, 1.82) is 0 Å². The lowest BCUT2D eigenvalue weighted by molar-refractivity contribution is 0.0153. The summed E-state index contributed by atoms with van der Waals surface area (Å²) in [6.07, 6.45) is 8.87. The number of ether oxygens (including phenoxy) is 1. The van der Waals surface area contributed by atoms with Crippen molar-refractivity contribution in [3.8, 4) is 0 Å². The van der Waals surface area contributed by atoms with Crippen molar-refractivity contribution in [2.45, 2.75) is 77.4 Å². The molecule has 0 aromatic carbocycles. The van der Waals surface area contributed by atoms with E-state index in [1.807, 2.05) is 0 Å². The predicted molar refractivity (Wildman–Crippen MR) is 82.3 cm³/mol. The highest BCUT2D eigenvalue weighted by atomic mass is 16.5. The molecule has 0 saturated carbocycles. The highest BCUT2D eigenvalue weighted by Gasteiger charge is 2.19. The first-order valence-corrected chi connectivity index (χ1v) is 8.48. The molecule has 0 aliphatic carbocycles. The van der Waals surface area contributed by atoms with E-state index in [4.69, 9.17) is 9.26 Å². The molecular formula is C16H29N3O2. The van der Waals surface area contributed by atoms with E-state index in [0.717, 1.165) is 63.4 Å². The molecule has 2 rings (SSSR count). The van der Waals surface area contributed by atoms with Gasteiger partial charge in [0.05, 0.1) is 6.10 Å². The van der Waals surface area contributed by atoms with Gasteiger partial charge in [-0.25, -0.2) is 0 Å². The van der Waals surface area contributed by atoms with Crippen LogP contribution in [0.15, 0.2) is 4.52 Å². The summed E-state index contributed by atoms with van der Waals surface area (Å²) in [4.78, 5) is 4.54. The fourth-order valence-electron chi connectivity index (χ4n) is 2.81. The monoisotopic (exact) mass is 295 g/mol. The van der Waals surface area contributed by atoms with Crippen LogP contribution in [0.4, 0.5) is 0 Å². The third-order valence-corrected chi connectivity index (χ3v) is 3.94. The molecule has 2 unspecified atom stereocenters. The zero-order valence-electron chi connectivity index (χ0n) is 13.4. The molecule has 1 fully saturated rings. The minimum atomic E-state index is 0.272. The van der Waals surface area contributed by atoms with Crippen LogP contribution in [0.5, 0.6) is 0 Å². The van der Waals surface area contributed by atoms with Gasteiger partial charge < -0.3 is 14.6 Å². The molecule has 1 saturated heterocycles. The standard InChI is InChI=1S/C16H29N3O2/c1-3-7-13(17-9-4-2)11-16-18-15(19-21-16)12-14-8-5-6-10-20-14/h13-14,17H,3-12H2,1-2H3. The summed E-state index contributed by atoms with van der Waals surface area (Å²) in [5.41, 5.74) is 0. The van der Waals surface area contributed by atoms with Crippen LogP contribution in [0.3, 0.4) is 0 Å². The smallest absolute Gasteiger partial charge is 0.228 e. The summed E-state index contributed by atoms with van der Waals surface area (Å²) in [5, 5.41) is 7.67. The van der Waals surface area contributed by atoms with E-state index in [1.165, 1.54) is 12.8 Å². The Hall–Kier alpha value is -0.940. The van der Waals surface area contributed by atoms with Crippen LogP contribution in [0.1, 0.15) is 64.1 Å². The molecule has 5 heteroatoms. The van der Waals surface area contributed by atoms with E-state index < -0.39 is 0 Å². The van der Waals surface area contributed by atoms with E-state index in [1.54, 1.807) is 0 Å². The van der Waals surface area contributed by atoms with E-state index in [9.17, 15) is 0 Å². The maximum atomic E-state index is 5.73. The Labute approximate surface area is 127 Å². The number of nitrogens with one attached hydrogen (secondary N) is 1. The Morgan fingerprint density at radius 1 is 1.29 bits per heavy atom. The van der Waals surface area contributed by atoms with Crippen LogP contribution in [0.2, 0.25) is 0 Å². The zero-order valence-corrected chi connectivity index (χ0v) is 13.4. The third-order valence-electron chi connectivity index (χ3n) is 3.94. The van der Waals surface area contributed by atoms with E-state index in [-0.39, 0.29) is 6.10 Å². The first-order chi connectivity index (χ1) is 10.3. The van der Waals surface area contributed by atoms with Crippen molar-refractivity contribution in [1.82, 2.24) is 15.5 Å². The van der Waals surface area contributed by atoms with Gasteiger partial charge in [0.15, 0.2) is 5.82 Å². The molecule has 0 radical (unpaired) electrons. The van der Waals surface area contributed by atoms with Gasteiger partial charge in [-0.3, -0.25) is 0 Å². The van der Waals surface area contributed by atoms with Crippen LogP contribution in [-0.4, -0.2) is 35.4 Å². The van der Waals surface area contributed by atoms with E-state index >= 15 is 0 Å². The second kappa shape index (κ2) is 9.15. The van der Waals surface area contributed by atoms with Crippen LogP contribution in [0, 0.1) is 0 Å². The molecular weight excluding hydrogens is 266 g/mol. The fourth-order valence-corrected chi connectivity index (χ4v) is 2.81. The molecule has 0 amide bonds. The fraction of sp³-hybridized carbons (Fsp3) is 0.875. The summed E-state index contributed by atoms with van der Waals surface area (Å²) in [6, 6.07) is 0.439. The zero-order chi connectivity index (χ0) is 14.9. The quantitative estimate of drug-likeness (QED) is 0.759. The van der Waals surface area contributed by atoms with Crippen LogP contribution >= 0.6 is 0 Å². The molecule has 1 N–H and O–H groups in total. The lowest BCUT2D eigenvalue weighted by Crippen LogP contribution is -2.31. The van der Waals surface area contributed by atoms with Crippen LogP contribution in [-0.2, 0) is 17.6 Å². The Bertz CT molecular complexity index is 389. The minimum absolute atomic E-state index is 0.272. The number of rotatable bonds is 9. The van der Waals surface area contributed by atoms with E-state index in [0.29, 0.717) is 6.04 Å². The highest BCUT2D eigenvalue weighted by Crippen LogP contribution is 2.16. The first kappa shape index (κ1) is 16.4. The highest BCUT2D eigenvalue weighted by molar-refractivity contribution is 4.92. The summed E-state index contributed by atoms with van der Waals surface area (Å²) in [7, 11) is 0.